The first-order valence-corrected chi connectivity index (χ1v) is 9.83. The summed E-state index contributed by atoms with van der Waals surface area (Å²) >= 11 is 0. The number of nitrogens with one attached hydrogen (secondary N) is 3. The second-order valence-corrected chi connectivity index (χ2v) is 7.54. The van der Waals surface area contributed by atoms with E-state index in [-0.39, 0.29) is 5.75 Å². The summed E-state index contributed by atoms with van der Waals surface area (Å²) in [4.78, 5) is 50.3. The number of ether oxygens (including phenoxy) is 1. The zero-order chi connectivity index (χ0) is 23.5. The predicted molar refractivity (Wildman–Crippen MR) is 112 cm³/mol. The fourth-order valence-electron chi connectivity index (χ4n) is 3.12. The van der Waals surface area contributed by atoms with Crippen molar-refractivity contribution in [3.63, 3.8) is 0 Å². The third kappa shape index (κ3) is 4.69. The Hall–Kier alpha value is -3.95. The molecule has 9 nitrogen and oxygen atoms in total. The van der Waals surface area contributed by atoms with E-state index in [9.17, 15) is 23.6 Å². The van der Waals surface area contributed by atoms with E-state index in [2.05, 4.69) is 16.2 Å². The summed E-state index contributed by atoms with van der Waals surface area (Å²) < 4.78 is 18.9. The molecule has 2 aromatic rings. The topological polar surface area (TPSA) is 117 Å². The fraction of sp³-hybridized carbons (Fsp3) is 0.273. The van der Waals surface area contributed by atoms with Gasteiger partial charge in [0.05, 0.1) is 0 Å². The molecular formula is C22H23FN4O5. The second-order valence-electron chi connectivity index (χ2n) is 7.54. The number of hydrazine groups is 1. The Labute approximate surface area is 183 Å². The summed E-state index contributed by atoms with van der Waals surface area (Å²) in [6.07, 6.45) is -1.12. The molecule has 10 heteroatoms. The molecule has 5 amide bonds. The van der Waals surface area contributed by atoms with Gasteiger partial charge in [0.25, 0.3) is 17.7 Å². The first kappa shape index (κ1) is 22.7. The lowest BCUT2D eigenvalue weighted by Crippen LogP contribution is -2.51. The highest BCUT2D eigenvalue weighted by molar-refractivity contribution is 6.09. The van der Waals surface area contributed by atoms with E-state index in [1.807, 2.05) is 19.1 Å². The standard InChI is InChI=1S/C22H23FN4O5/c1-13-8-10-15(11-9-13)22(3)20(30)27(21(31)24-22)12-18(28)25-26-19(29)14(2)32-17-7-5-4-6-16(17)23/h4-11,14H,12H2,1-3H3,(H,24,31)(H,25,28)(H,26,29)/t14-,22-/m0/s1. The van der Waals surface area contributed by atoms with Crippen LogP contribution in [0.15, 0.2) is 48.5 Å². The van der Waals surface area contributed by atoms with Gasteiger partial charge in [-0.15, -0.1) is 0 Å². The molecule has 32 heavy (non-hydrogen) atoms. The summed E-state index contributed by atoms with van der Waals surface area (Å²) in [6, 6.07) is 11.9. The molecule has 1 fully saturated rings. The molecule has 0 radical (unpaired) electrons. The number of benzene rings is 2. The maximum Gasteiger partial charge on any atom is 0.325 e. The summed E-state index contributed by atoms with van der Waals surface area (Å²) in [5.41, 5.74) is 4.51. The molecule has 0 saturated carbocycles. The molecule has 1 heterocycles. The molecule has 0 bridgehead atoms. The van der Waals surface area contributed by atoms with Crippen molar-refractivity contribution in [2.75, 3.05) is 6.54 Å². The van der Waals surface area contributed by atoms with Crippen molar-refractivity contribution in [2.24, 2.45) is 0 Å². The Bertz CT molecular complexity index is 1060. The number of aryl methyl sites for hydroxylation is 1. The van der Waals surface area contributed by atoms with Gasteiger partial charge in [-0.2, -0.15) is 0 Å². The van der Waals surface area contributed by atoms with Crippen molar-refractivity contribution in [3.05, 3.63) is 65.5 Å². The number of amides is 5. The van der Waals surface area contributed by atoms with Crippen LogP contribution in [-0.4, -0.2) is 41.3 Å². The Morgan fingerprint density at radius 1 is 1.12 bits per heavy atom. The van der Waals surface area contributed by atoms with Gasteiger partial charge in [0.2, 0.25) is 0 Å². The largest absolute Gasteiger partial charge is 0.478 e. The van der Waals surface area contributed by atoms with Gasteiger partial charge in [0, 0.05) is 0 Å². The molecule has 3 rings (SSSR count). The van der Waals surface area contributed by atoms with Crippen LogP contribution in [0.1, 0.15) is 25.0 Å². The normalized spacial score (nSPS) is 18.7. The van der Waals surface area contributed by atoms with Crippen LogP contribution < -0.4 is 20.9 Å². The van der Waals surface area contributed by atoms with Crippen LogP contribution in [0.2, 0.25) is 0 Å². The van der Waals surface area contributed by atoms with Gasteiger partial charge in [-0.05, 0) is 38.5 Å². The number of imide groups is 1. The second kappa shape index (κ2) is 9.04. The number of rotatable bonds is 6. The van der Waals surface area contributed by atoms with Crippen LogP contribution in [0.25, 0.3) is 0 Å². The van der Waals surface area contributed by atoms with Crippen molar-refractivity contribution in [3.8, 4) is 5.75 Å². The number of urea groups is 1. The maximum absolute atomic E-state index is 13.6. The number of carbonyl (C=O) groups is 4. The predicted octanol–water partition coefficient (Wildman–Crippen LogP) is 1.52. The van der Waals surface area contributed by atoms with Crippen molar-refractivity contribution in [1.82, 2.24) is 21.1 Å². The van der Waals surface area contributed by atoms with Crippen molar-refractivity contribution < 1.29 is 28.3 Å². The van der Waals surface area contributed by atoms with Gasteiger partial charge < -0.3 is 10.1 Å². The molecule has 0 aromatic heterocycles. The Morgan fingerprint density at radius 2 is 1.78 bits per heavy atom. The van der Waals surface area contributed by atoms with Gasteiger partial charge in [0.15, 0.2) is 17.7 Å². The van der Waals surface area contributed by atoms with Crippen molar-refractivity contribution in [1.29, 1.82) is 0 Å². The van der Waals surface area contributed by atoms with E-state index < -0.39 is 47.8 Å². The minimum Gasteiger partial charge on any atom is -0.478 e. The lowest BCUT2D eigenvalue weighted by atomic mass is 9.91. The highest BCUT2D eigenvalue weighted by atomic mass is 19.1. The number of hydrogen-bond donors (Lipinski definition) is 3. The van der Waals surface area contributed by atoms with Crippen LogP contribution in [-0.2, 0) is 19.9 Å². The van der Waals surface area contributed by atoms with Gasteiger partial charge in [-0.1, -0.05) is 42.0 Å². The first-order chi connectivity index (χ1) is 15.1. The molecule has 1 aliphatic rings. The maximum atomic E-state index is 13.6. The van der Waals surface area contributed by atoms with E-state index >= 15 is 0 Å². The SMILES string of the molecule is Cc1ccc([C@]2(C)NC(=O)N(CC(=O)NNC(=O)[C@H](C)Oc3ccccc3F)C2=O)cc1. The third-order valence-corrected chi connectivity index (χ3v) is 5.04. The molecule has 2 atom stereocenters. The van der Waals surface area contributed by atoms with Gasteiger partial charge in [-0.25, -0.2) is 9.18 Å². The average molecular weight is 442 g/mol. The molecule has 0 spiro atoms. The number of halogens is 1. The number of para-hydroxylation sites is 1. The highest BCUT2D eigenvalue weighted by Crippen LogP contribution is 2.28. The van der Waals surface area contributed by atoms with Crippen LogP contribution in [0.5, 0.6) is 5.75 Å². The zero-order valence-electron chi connectivity index (χ0n) is 17.8. The minimum atomic E-state index is -1.31. The molecule has 1 aliphatic heterocycles. The quantitative estimate of drug-likeness (QED) is 0.463. The van der Waals surface area contributed by atoms with Crippen LogP contribution >= 0.6 is 0 Å². The van der Waals surface area contributed by atoms with Crippen LogP contribution in [0.3, 0.4) is 0 Å². The smallest absolute Gasteiger partial charge is 0.325 e. The molecule has 1 saturated heterocycles. The van der Waals surface area contributed by atoms with E-state index in [4.69, 9.17) is 4.74 Å². The van der Waals surface area contributed by atoms with Gasteiger partial charge in [-0.3, -0.25) is 30.1 Å². The minimum absolute atomic E-state index is 0.115. The number of nitrogens with zero attached hydrogens (tertiary/aromatic N) is 1. The van der Waals surface area contributed by atoms with E-state index in [0.717, 1.165) is 10.5 Å². The Kier molecular flexibility index (Phi) is 6.42. The highest BCUT2D eigenvalue weighted by Gasteiger charge is 2.49. The molecule has 2 aromatic carbocycles. The Morgan fingerprint density at radius 3 is 2.44 bits per heavy atom. The summed E-state index contributed by atoms with van der Waals surface area (Å²) in [7, 11) is 0. The van der Waals surface area contributed by atoms with E-state index in [1.54, 1.807) is 25.1 Å². The Balaban J connectivity index is 1.56. The molecule has 168 valence electrons. The van der Waals surface area contributed by atoms with Gasteiger partial charge in [0.1, 0.15) is 12.1 Å². The lowest BCUT2D eigenvalue weighted by molar-refractivity contribution is -0.136. The van der Waals surface area contributed by atoms with E-state index in [1.165, 1.54) is 25.1 Å². The summed E-state index contributed by atoms with van der Waals surface area (Å²) in [5.74, 6) is -2.89. The van der Waals surface area contributed by atoms with Crippen LogP contribution in [0.4, 0.5) is 9.18 Å². The third-order valence-electron chi connectivity index (χ3n) is 5.04. The molecule has 3 N–H and O–H groups in total. The summed E-state index contributed by atoms with van der Waals surface area (Å²) in [5, 5.41) is 2.60. The molecule has 0 aliphatic carbocycles. The lowest BCUT2D eigenvalue weighted by Gasteiger charge is -2.22. The van der Waals surface area contributed by atoms with E-state index in [0.29, 0.717) is 5.56 Å². The van der Waals surface area contributed by atoms with Crippen LogP contribution in [0, 0.1) is 12.7 Å². The summed E-state index contributed by atoms with van der Waals surface area (Å²) in [6.45, 7) is 4.22. The monoisotopic (exact) mass is 442 g/mol. The average Bonchev–Trinajstić information content (AvgIpc) is 2.97. The number of hydrogen-bond acceptors (Lipinski definition) is 5. The molecule has 0 unspecified atom stereocenters. The fourth-order valence-corrected chi connectivity index (χ4v) is 3.12. The van der Waals surface area contributed by atoms with Crippen molar-refractivity contribution >= 4 is 23.8 Å². The first-order valence-electron chi connectivity index (χ1n) is 9.83. The molecular weight excluding hydrogens is 419 g/mol. The number of carbonyl (C=O) groups excluding carboxylic acids is 4. The zero-order valence-corrected chi connectivity index (χ0v) is 17.8. The van der Waals surface area contributed by atoms with Gasteiger partial charge >= 0.3 is 6.03 Å². The van der Waals surface area contributed by atoms with Crippen molar-refractivity contribution in [2.45, 2.75) is 32.4 Å².